The van der Waals surface area contributed by atoms with Crippen molar-refractivity contribution in [3.63, 3.8) is 0 Å². The van der Waals surface area contributed by atoms with Crippen LogP contribution in [0, 0.1) is 0 Å². The summed E-state index contributed by atoms with van der Waals surface area (Å²) >= 11 is 0. The Morgan fingerprint density at radius 2 is 1.62 bits per heavy atom. The SMILES string of the molecule is O[Si]1(O)OCCCO1. The molecule has 1 aliphatic rings. The first-order valence-electron chi connectivity index (χ1n) is 2.43. The van der Waals surface area contributed by atoms with Gasteiger partial charge in [0.15, 0.2) is 0 Å². The third-order valence-electron chi connectivity index (χ3n) is 0.869. The second-order valence-corrected chi connectivity index (χ2v) is 3.27. The minimum absolute atomic E-state index is 0.402. The van der Waals surface area contributed by atoms with Gasteiger partial charge >= 0.3 is 9.05 Å². The van der Waals surface area contributed by atoms with Gasteiger partial charge in [0.1, 0.15) is 0 Å². The van der Waals surface area contributed by atoms with E-state index >= 15 is 0 Å². The molecule has 5 heteroatoms. The Balaban J connectivity index is 2.33. The molecule has 0 unspecified atom stereocenters. The molecule has 1 aliphatic heterocycles. The number of hydrogen-bond acceptors (Lipinski definition) is 4. The summed E-state index contributed by atoms with van der Waals surface area (Å²) < 4.78 is 8.99. The zero-order chi connectivity index (χ0) is 6.04. The van der Waals surface area contributed by atoms with Gasteiger partial charge in [0.2, 0.25) is 0 Å². The number of hydrogen-bond donors (Lipinski definition) is 2. The van der Waals surface area contributed by atoms with Crippen molar-refractivity contribution in [2.75, 3.05) is 13.2 Å². The number of rotatable bonds is 0. The van der Waals surface area contributed by atoms with Crippen LogP contribution >= 0.6 is 0 Å². The third-order valence-corrected chi connectivity index (χ3v) is 2.03. The highest BCUT2D eigenvalue weighted by Gasteiger charge is 2.38. The van der Waals surface area contributed by atoms with Gasteiger partial charge in [0.25, 0.3) is 0 Å². The van der Waals surface area contributed by atoms with Gasteiger partial charge in [-0.2, -0.15) is 0 Å². The van der Waals surface area contributed by atoms with Crippen LogP contribution in [-0.4, -0.2) is 31.9 Å². The lowest BCUT2D eigenvalue weighted by molar-refractivity contribution is -0.0119. The maximum Gasteiger partial charge on any atom is 0.674 e. The van der Waals surface area contributed by atoms with Gasteiger partial charge in [0.05, 0.1) is 0 Å². The van der Waals surface area contributed by atoms with Crippen molar-refractivity contribution in [2.45, 2.75) is 6.42 Å². The van der Waals surface area contributed by atoms with E-state index in [4.69, 9.17) is 9.59 Å². The van der Waals surface area contributed by atoms with E-state index in [2.05, 4.69) is 8.85 Å². The van der Waals surface area contributed by atoms with Crippen molar-refractivity contribution in [3.8, 4) is 0 Å². The van der Waals surface area contributed by atoms with Gasteiger partial charge in [0, 0.05) is 13.2 Å². The van der Waals surface area contributed by atoms with E-state index < -0.39 is 9.05 Å². The van der Waals surface area contributed by atoms with E-state index in [1.54, 1.807) is 0 Å². The molecule has 1 rings (SSSR count). The normalized spacial score (nSPS) is 27.8. The predicted molar refractivity (Wildman–Crippen MR) is 26.7 cm³/mol. The highest BCUT2D eigenvalue weighted by atomic mass is 28.4. The fourth-order valence-corrected chi connectivity index (χ4v) is 1.41. The molecule has 0 atom stereocenters. The molecule has 8 heavy (non-hydrogen) atoms. The van der Waals surface area contributed by atoms with Crippen molar-refractivity contribution < 1.29 is 18.4 Å². The van der Waals surface area contributed by atoms with Crippen molar-refractivity contribution >= 4 is 9.05 Å². The molecule has 0 spiro atoms. The van der Waals surface area contributed by atoms with Crippen LogP contribution < -0.4 is 0 Å². The van der Waals surface area contributed by atoms with Crippen LogP contribution in [0.25, 0.3) is 0 Å². The molecule has 0 aromatic carbocycles. The van der Waals surface area contributed by atoms with E-state index in [-0.39, 0.29) is 0 Å². The Morgan fingerprint density at radius 1 is 1.12 bits per heavy atom. The van der Waals surface area contributed by atoms with Crippen LogP contribution in [0.2, 0.25) is 0 Å². The van der Waals surface area contributed by atoms with Crippen LogP contribution in [0.5, 0.6) is 0 Å². The van der Waals surface area contributed by atoms with Crippen molar-refractivity contribution in [1.82, 2.24) is 0 Å². The summed E-state index contributed by atoms with van der Waals surface area (Å²) in [7, 11) is -3.59. The van der Waals surface area contributed by atoms with Crippen molar-refractivity contribution in [3.05, 3.63) is 0 Å². The quantitative estimate of drug-likeness (QED) is 0.413. The minimum Gasteiger partial charge on any atom is -0.367 e. The highest BCUT2D eigenvalue weighted by molar-refractivity contribution is 6.50. The molecule has 0 aromatic heterocycles. The summed E-state index contributed by atoms with van der Waals surface area (Å²) in [6.45, 7) is 0.804. The molecule has 2 N–H and O–H groups in total. The van der Waals surface area contributed by atoms with Crippen LogP contribution in [0.15, 0.2) is 0 Å². The van der Waals surface area contributed by atoms with Gasteiger partial charge in [-0.25, -0.2) is 0 Å². The van der Waals surface area contributed by atoms with Crippen LogP contribution in [0.1, 0.15) is 6.42 Å². The van der Waals surface area contributed by atoms with Gasteiger partial charge in [-0.05, 0) is 6.42 Å². The van der Waals surface area contributed by atoms with E-state index in [9.17, 15) is 0 Å². The summed E-state index contributed by atoms with van der Waals surface area (Å²) in [6, 6.07) is 0. The third kappa shape index (κ3) is 1.53. The summed E-state index contributed by atoms with van der Waals surface area (Å²) in [5.74, 6) is 0. The first kappa shape index (κ1) is 6.18. The standard InChI is InChI=1S/C3H8O4Si/c4-8(5)6-2-1-3-7-8/h4-5H,1-3H2. The second kappa shape index (κ2) is 2.12. The van der Waals surface area contributed by atoms with E-state index in [0.29, 0.717) is 13.2 Å². The summed E-state index contributed by atoms with van der Waals surface area (Å²) in [4.78, 5) is 17.2. The molecule has 4 nitrogen and oxygen atoms in total. The molecule has 1 heterocycles. The Bertz CT molecular complexity index is 75.4. The molecule has 0 radical (unpaired) electrons. The van der Waals surface area contributed by atoms with Crippen molar-refractivity contribution in [1.29, 1.82) is 0 Å². The summed E-state index contributed by atoms with van der Waals surface area (Å²) in [6.07, 6.45) is 0.746. The first-order valence-corrected chi connectivity index (χ1v) is 4.14. The fraction of sp³-hybridized carbons (Fsp3) is 1.00. The summed E-state index contributed by atoms with van der Waals surface area (Å²) in [5, 5.41) is 0. The highest BCUT2D eigenvalue weighted by Crippen LogP contribution is 2.05. The molecule has 1 saturated heterocycles. The van der Waals surface area contributed by atoms with E-state index in [0.717, 1.165) is 6.42 Å². The van der Waals surface area contributed by atoms with Crippen LogP contribution in [0.3, 0.4) is 0 Å². The molecule has 0 aromatic rings. The van der Waals surface area contributed by atoms with Crippen molar-refractivity contribution in [2.24, 2.45) is 0 Å². The largest absolute Gasteiger partial charge is 0.674 e. The lowest BCUT2D eigenvalue weighted by Gasteiger charge is -2.21. The molecule has 0 saturated carbocycles. The topological polar surface area (TPSA) is 58.9 Å². The zero-order valence-electron chi connectivity index (χ0n) is 4.33. The Morgan fingerprint density at radius 3 is 1.88 bits per heavy atom. The summed E-state index contributed by atoms with van der Waals surface area (Å²) in [5.41, 5.74) is 0. The maximum atomic E-state index is 8.62. The monoisotopic (exact) mass is 136 g/mol. The van der Waals surface area contributed by atoms with Gasteiger partial charge in [-0.15, -0.1) is 0 Å². The van der Waals surface area contributed by atoms with Gasteiger partial charge in [-0.1, -0.05) is 0 Å². The van der Waals surface area contributed by atoms with E-state index in [1.165, 1.54) is 0 Å². The molecular formula is C3H8O4Si. The molecule has 48 valence electrons. The van der Waals surface area contributed by atoms with Crippen LogP contribution in [0.4, 0.5) is 0 Å². The molecule has 0 bridgehead atoms. The van der Waals surface area contributed by atoms with Gasteiger partial charge < -0.3 is 18.4 Å². The Hall–Kier alpha value is 0.0569. The lowest BCUT2D eigenvalue weighted by atomic mass is 10.5. The molecular weight excluding hydrogens is 128 g/mol. The Labute approximate surface area is 48.2 Å². The molecule has 0 amide bonds. The maximum absolute atomic E-state index is 8.62. The zero-order valence-corrected chi connectivity index (χ0v) is 5.33. The lowest BCUT2D eigenvalue weighted by Crippen LogP contribution is -2.46. The molecule has 0 aliphatic carbocycles. The fourth-order valence-electron chi connectivity index (χ4n) is 0.511. The first-order chi connectivity index (χ1) is 3.71. The average molecular weight is 136 g/mol. The smallest absolute Gasteiger partial charge is 0.367 e. The van der Waals surface area contributed by atoms with Crippen LogP contribution in [-0.2, 0) is 8.85 Å². The molecule has 1 fully saturated rings. The van der Waals surface area contributed by atoms with E-state index in [1.807, 2.05) is 0 Å². The minimum atomic E-state index is -3.59. The predicted octanol–water partition coefficient (Wildman–Crippen LogP) is -1.16. The Kier molecular flexibility index (Phi) is 1.64. The average Bonchev–Trinajstić information content (AvgIpc) is 1.65. The van der Waals surface area contributed by atoms with Gasteiger partial charge in [-0.3, -0.25) is 0 Å². The second-order valence-electron chi connectivity index (χ2n) is 1.60.